The maximum Gasteiger partial charge on any atom is 0.322 e. The quantitative estimate of drug-likeness (QED) is 0.749. The Hall–Kier alpha value is -0.0100. The van der Waals surface area contributed by atoms with Crippen LogP contribution in [-0.2, 0) is 4.57 Å². The Kier molecular flexibility index (Phi) is 4.03. The highest BCUT2D eigenvalue weighted by Crippen LogP contribution is 2.61. The Bertz CT molecular complexity index is 338. The van der Waals surface area contributed by atoms with E-state index in [-0.39, 0.29) is 6.04 Å². The average Bonchev–Trinajstić information content (AvgIpc) is 2.15. The largest absolute Gasteiger partial charge is 0.322 e. The van der Waals surface area contributed by atoms with Crippen molar-refractivity contribution < 1.29 is 4.57 Å². The minimum absolute atomic E-state index is 0.0583. The van der Waals surface area contributed by atoms with Gasteiger partial charge in [-0.3, -0.25) is 4.57 Å². The normalized spacial score (nSPS) is 14.4. The maximum absolute atomic E-state index is 11.4. The van der Waals surface area contributed by atoms with Crippen LogP contribution in [0.3, 0.4) is 0 Å². The summed E-state index contributed by atoms with van der Waals surface area (Å²) in [5, 5.41) is 0. The van der Waals surface area contributed by atoms with Gasteiger partial charge in [-0.25, -0.2) is 4.67 Å². The monoisotopic (exact) mass is 251 g/mol. The van der Waals surface area contributed by atoms with E-state index in [2.05, 4.69) is 0 Å². The molecule has 0 N–H and O–H groups in total. The second-order valence-corrected chi connectivity index (χ2v) is 7.86. The molecule has 0 aliphatic heterocycles. The van der Waals surface area contributed by atoms with Crippen molar-refractivity contribution in [3.05, 3.63) is 35.9 Å². The summed E-state index contributed by atoms with van der Waals surface area (Å²) in [7, 11) is 1.65. The van der Waals surface area contributed by atoms with Crippen molar-refractivity contribution in [2.24, 2.45) is 0 Å². The van der Waals surface area contributed by atoms with Crippen LogP contribution in [0, 0.1) is 0 Å². The molecule has 0 aliphatic rings. The second kappa shape index (κ2) is 4.67. The van der Waals surface area contributed by atoms with Crippen molar-refractivity contribution in [2.75, 3.05) is 7.05 Å². The molecule has 0 spiro atoms. The molecule has 1 aromatic rings. The minimum atomic E-state index is -3.20. The van der Waals surface area contributed by atoms with E-state index in [1.807, 2.05) is 37.3 Å². The van der Waals surface area contributed by atoms with Crippen molar-refractivity contribution in [2.45, 2.75) is 13.0 Å². The molecule has 0 saturated heterocycles. The fourth-order valence-electron chi connectivity index (χ4n) is 1.15. The smallest absolute Gasteiger partial charge is 0.271 e. The summed E-state index contributed by atoms with van der Waals surface area (Å²) < 4.78 is 12.9. The molecule has 0 bridgehead atoms. The molecule has 0 fully saturated rings. The summed E-state index contributed by atoms with van der Waals surface area (Å²) in [6.07, 6.45) is 0. The zero-order chi connectivity index (χ0) is 10.8. The molecular weight excluding hydrogens is 240 g/mol. The number of halogens is 2. The molecule has 0 radical (unpaired) electrons. The molecule has 0 saturated carbocycles. The Morgan fingerprint density at radius 1 is 1.29 bits per heavy atom. The predicted molar refractivity (Wildman–Crippen MR) is 61.9 cm³/mol. The average molecular weight is 252 g/mol. The minimum Gasteiger partial charge on any atom is -0.271 e. The first-order valence-electron chi connectivity index (χ1n) is 4.20. The zero-order valence-electron chi connectivity index (χ0n) is 8.02. The molecule has 5 heteroatoms. The molecule has 1 rings (SSSR count). The lowest BCUT2D eigenvalue weighted by molar-refractivity contribution is 0.414. The van der Waals surface area contributed by atoms with E-state index in [4.69, 9.17) is 22.5 Å². The van der Waals surface area contributed by atoms with Gasteiger partial charge in [0, 0.05) is 6.04 Å². The lowest BCUT2D eigenvalue weighted by Crippen LogP contribution is -2.15. The predicted octanol–water partition coefficient (Wildman–Crippen LogP) is 4.27. The summed E-state index contributed by atoms with van der Waals surface area (Å²) >= 11 is 11.2. The van der Waals surface area contributed by atoms with Crippen LogP contribution in [0.4, 0.5) is 0 Å². The fourth-order valence-corrected chi connectivity index (χ4v) is 2.47. The molecule has 0 aliphatic carbocycles. The van der Waals surface area contributed by atoms with Crippen LogP contribution >= 0.6 is 28.5 Å². The topological polar surface area (TPSA) is 20.3 Å². The van der Waals surface area contributed by atoms with Gasteiger partial charge < -0.3 is 0 Å². The Morgan fingerprint density at radius 3 is 2.21 bits per heavy atom. The SMILES string of the molecule is CC(c1ccccc1)N(C)P(=O)(Cl)Cl. The third kappa shape index (κ3) is 2.99. The van der Waals surface area contributed by atoms with E-state index in [0.717, 1.165) is 5.56 Å². The van der Waals surface area contributed by atoms with Crippen LogP contribution in [0.1, 0.15) is 18.5 Å². The van der Waals surface area contributed by atoms with Gasteiger partial charge in [0.15, 0.2) is 0 Å². The standard InChI is InChI=1S/C9H12Cl2NOP/c1-8(12(2)14(10,11)13)9-6-4-3-5-7-9/h3-8H,1-2H3. The summed E-state index contributed by atoms with van der Waals surface area (Å²) in [5.41, 5.74) is 1.04. The van der Waals surface area contributed by atoms with E-state index in [9.17, 15) is 4.57 Å². The fraction of sp³-hybridized carbons (Fsp3) is 0.333. The molecular formula is C9H12Cl2NOP. The molecule has 0 amide bonds. The van der Waals surface area contributed by atoms with Crippen molar-refractivity contribution in [1.82, 2.24) is 4.67 Å². The highest BCUT2D eigenvalue weighted by Gasteiger charge is 2.26. The summed E-state index contributed by atoms with van der Waals surface area (Å²) in [5.74, 6) is -3.20. The van der Waals surface area contributed by atoms with Crippen LogP contribution in [0.15, 0.2) is 30.3 Å². The van der Waals surface area contributed by atoms with Gasteiger partial charge in [0.1, 0.15) is 0 Å². The van der Waals surface area contributed by atoms with Crippen molar-refractivity contribution in [3.8, 4) is 0 Å². The van der Waals surface area contributed by atoms with Gasteiger partial charge in [-0.2, -0.15) is 0 Å². The van der Waals surface area contributed by atoms with Gasteiger partial charge in [-0.05, 0) is 42.0 Å². The van der Waals surface area contributed by atoms with Crippen LogP contribution in [0.2, 0.25) is 0 Å². The Morgan fingerprint density at radius 2 is 1.79 bits per heavy atom. The number of benzene rings is 1. The molecule has 14 heavy (non-hydrogen) atoms. The highest BCUT2D eigenvalue weighted by molar-refractivity contribution is 8.06. The number of hydrogen-bond acceptors (Lipinski definition) is 1. The Balaban J connectivity index is 2.87. The molecule has 0 heterocycles. The molecule has 1 atom stereocenters. The summed E-state index contributed by atoms with van der Waals surface area (Å²) in [4.78, 5) is 0. The van der Waals surface area contributed by atoms with Gasteiger partial charge in [0.25, 0.3) is 0 Å². The summed E-state index contributed by atoms with van der Waals surface area (Å²) in [6, 6.07) is 9.61. The van der Waals surface area contributed by atoms with Gasteiger partial charge in [0.05, 0.1) is 0 Å². The van der Waals surface area contributed by atoms with E-state index in [1.54, 1.807) is 7.05 Å². The van der Waals surface area contributed by atoms with Crippen molar-refractivity contribution in [1.29, 1.82) is 0 Å². The third-order valence-electron chi connectivity index (χ3n) is 2.21. The highest BCUT2D eigenvalue weighted by atomic mass is 35.9. The van der Waals surface area contributed by atoms with Crippen LogP contribution in [-0.4, -0.2) is 11.7 Å². The van der Waals surface area contributed by atoms with Gasteiger partial charge in [-0.1, -0.05) is 30.3 Å². The van der Waals surface area contributed by atoms with Crippen molar-refractivity contribution in [3.63, 3.8) is 0 Å². The van der Waals surface area contributed by atoms with E-state index in [1.165, 1.54) is 4.67 Å². The van der Waals surface area contributed by atoms with Crippen LogP contribution in [0.25, 0.3) is 0 Å². The summed E-state index contributed by atoms with van der Waals surface area (Å²) in [6.45, 7) is 1.91. The maximum atomic E-state index is 11.4. The van der Waals surface area contributed by atoms with Gasteiger partial charge >= 0.3 is 6.00 Å². The number of hydrogen-bond donors (Lipinski definition) is 0. The molecule has 1 aromatic carbocycles. The van der Waals surface area contributed by atoms with Gasteiger partial charge in [-0.15, -0.1) is 0 Å². The van der Waals surface area contributed by atoms with Gasteiger partial charge in [0.2, 0.25) is 0 Å². The van der Waals surface area contributed by atoms with Crippen LogP contribution in [0.5, 0.6) is 0 Å². The second-order valence-electron chi connectivity index (χ2n) is 3.10. The lowest BCUT2D eigenvalue weighted by Gasteiger charge is -2.25. The Labute approximate surface area is 93.8 Å². The molecule has 0 aromatic heterocycles. The zero-order valence-corrected chi connectivity index (χ0v) is 10.4. The first-order valence-corrected chi connectivity index (χ1v) is 7.67. The van der Waals surface area contributed by atoms with E-state index in [0.29, 0.717) is 0 Å². The first-order chi connectivity index (χ1) is 6.43. The first kappa shape index (κ1) is 12.1. The van der Waals surface area contributed by atoms with Crippen molar-refractivity contribution >= 4 is 28.5 Å². The van der Waals surface area contributed by atoms with E-state index < -0.39 is 6.00 Å². The molecule has 2 nitrogen and oxygen atoms in total. The van der Waals surface area contributed by atoms with E-state index >= 15 is 0 Å². The number of nitrogens with zero attached hydrogens (tertiary/aromatic N) is 1. The third-order valence-corrected chi connectivity index (χ3v) is 4.72. The lowest BCUT2D eigenvalue weighted by atomic mass is 10.1. The number of rotatable bonds is 3. The van der Waals surface area contributed by atoms with Crippen LogP contribution < -0.4 is 0 Å². The molecule has 1 unspecified atom stereocenters. The molecule has 78 valence electrons.